The number of methoxy groups -OCH3 is 1. The summed E-state index contributed by atoms with van der Waals surface area (Å²) in [6, 6.07) is 25.9. The molecule has 142 valence electrons. The van der Waals surface area contributed by atoms with Crippen molar-refractivity contribution in [2.75, 3.05) is 12.2 Å². The van der Waals surface area contributed by atoms with E-state index in [1.54, 1.807) is 17.2 Å². The fourth-order valence-corrected chi connectivity index (χ4v) is 3.58. The number of ether oxygens (including phenoxy) is 1. The Balaban J connectivity index is 1.64. The largest absolute Gasteiger partial charge is 0.467 e. The smallest absolute Gasteiger partial charge is 0.337 e. The van der Waals surface area contributed by atoms with Crippen LogP contribution in [0.25, 0.3) is 11.1 Å². The Labute approximate surface area is 169 Å². The van der Waals surface area contributed by atoms with E-state index in [0.29, 0.717) is 11.4 Å². The maximum Gasteiger partial charge on any atom is 0.337 e. The Morgan fingerprint density at radius 1 is 0.964 bits per heavy atom. The van der Waals surface area contributed by atoms with Gasteiger partial charge in [-0.2, -0.15) is 0 Å². The predicted molar refractivity (Wildman–Crippen MR) is 110 cm³/mol. The first-order chi connectivity index (χ1) is 13.7. The Bertz CT molecular complexity index is 942. The summed E-state index contributed by atoms with van der Waals surface area (Å²) in [6.45, 7) is 0. The van der Waals surface area contributed by atoms with Crippen LogP contribution in [0.5, 0.6) is 0 Å². The highest BCUT2D eigenvalue weighted by molar-refractivity contribution is 6.30. The summed E-state index contributed by atoms with van der Waals surface area (Å²) >= 11 is 6.02. The molecule has 0 saturated carbocycles. The summed E-state index contributed by atoms with van der Waals surface area (Å²) in [5.41, 5.74) is 4.22. The number of carbonyl (C=O) groups is 1. The molecule has 4 nitrogen and oxygen atoms in total. The van der Waals surface area contributed by atoms with Gasteiger partial charge in [-0.1, -0.05) is 66.2 Å². The van der Waals surface area contributed by atoms with Gasteiger partial charge in [0.15, 0.2) is 6.10 Å². The lowest BCUT2D eigenvalue weighted by molar-refractivity contribution is -0.151. The summed E-state index contributed by atoms with van der Waals surface area (Å²) in [6.07, 6.45) is -0.125. The standard InChI is InChI=1S/C23H20ClNO3/c1-27-23(26)22-15-21(25(28-22)20-13-11-19(24)12-14-20)18-9-7-17(8-10-18)16-5-3-2-4-6-16/h2-14,21-22H,15H2,1H3. The van der Waals surface area contributed by atoms with Crippen LogP contribution >= 0.6 is 11.6 Å². The number of nitrogens with zero attached hydrogens (tertiary/aromatic N) is 1. The molecule has 2 unspecified atom stereocenters. The summed E-state index contributed by atoms with van der Waals surface area (Å²) in [7, 11) is 1.38. The molecule has 2 atom stereocenters. The van der Waals surface area contributed by atoms with E-state index in [4.69, 9.17) is 21.2 Å². The third-order valence-corrected chi connectivity index (χ3v) is 5.16. The average Bonchev–Trinajstić information content (AvgIpc) is 3.20. The van der Waals surface area contributed by atoms with Crippen LogP contribution in [-0.4, -0.2) is 19.2 Å². The zero-order valence-electron chi connectivity index (χ0n) is 15.4. The topological polar surface area (TPSA) is 38.8 Å². The molecule has 0 aliphatic carbocycles. The summed E-state index contributed by atoms with van der Waals surface area (Å²) in [5.74, 6) is -0.373. The third-order valence-electron chi connectivity index (χ3n) is 4.91. The van der Waals surface area contributed by atoms with Crippen molar-refractivity contribution in [1.29, 1.82) is 0 Å². The van der Waals surface area contributed by atoms with E-state index in [0.717, 1.165) is 16.8 Å². The molecule has 1 fully saturated rings. The van der Waals surface area contributed by atoms with Gasteiger partial charge in [-0.3, -0.25) is 4.84 Å². The number of anilines is 1. The van der Waals surface area contributed by atoms with Gasteiger partial charge in [-0.25, -0.2) is 9.86 Å². The molecule has 5 heteroatoms. The molecule has 1 aliphatic rings. The zero-order chi connectivity index (χ0) is 19.5. The fraction of sp³-hybridized carbons (Fsp3) is 0.174. The van der Waals surface area contributed by atoms with Gasteiger partial charge in [-0.15, -0.1) is 0 Å². The minimum absolute atomic E-state index is 0.102. The van der Waals surface area contributed by atoms with E-state index in [9.17, 15) is 4.79 Å². The third kappa shape index (κ3) is 3.75. The molecule has 4 rings (SSSR count). The van der Waals surface area contributed by atoms with Gasteiger partial charge in [0.05, 0.1) is 18.8 Å². The summed E-state index contributed by atoms with van der Waals surface area (Å²) in [4.78, 5) is 18.0. The quantitative estimate of drug-likeness (QED) is 0.554. The van der Waals surface area contributed by atoms with Crippen molar-refractivity contribution in [3.8, 4) is 11.1 Å². The van der Waals surface area contributed by atoms with Crippen LogP contribution in [0.15, 0.2) is 78.9 Å². The highest BCUT2D eigenvalue weighted by atomic mass is 35.5. The number of hydrogen-bond donors (Lipinski definition) is 0. The molecular formula is C23H20ClNO3. The number of hydrogen-bond acceptors (Lipinski definition) is 4. The molecule has 28 heavy (non-hydrogen) atoms. The van der Waals surface area contributed by atoms with E-state index in [1.807, 2.05) is 30.3 Å². The number of hydroxylamine groups is 1. The molecular weight excluding hydrogens is 374 g/mol. The van der Waals surface area contributed by atoms with Gasteiger partial charge in [0.1, 0.15) is 0 Å². The van der Waals surface area contributed by atoms with Crippen molar-refractivity contribution < 1.29 is 14.4 Å². The molecule has 0 amide bonds. The van der Waals surface area contributed by atoms with Crippen LogP contribution in [0, 0.1) is 0 Å². The minimum Gasteiger partial charge on any atom is -0.467 e. The first-order valence-electron chi connectivity index (χ1n) is 9.10. The Morgan fingerprint density at radius 3 is 2.25 bits per heavy atom. The van der Waals surface area contributed by atoms with Crippen molar-refractivity contribution in [2.24, 2.45) is 0 Å². The van der Waals surface area contributed by atoms with Crippen molar-refractivity contribution in [1.82, 2.24) is 0 Å². The number of rotatable bonds is 4. The lowest BCUT2D eigenvalue weighted by atomic mass is 9.97. The van der Waals surface area contributed by atoms with Crippen LogP contribution in [0.2, 0.25) is 5.02 Å². The Morgan fingerprint density at radius 2 is 1.61 bits per heavy atom. The molecule has 1 heterocycles. The molecule has 0 bridgehead atoms. The second kappa shape index (κ2) is 8.05. The zero-order valence-corrected chi connectivity index (χ0v) is 16.2. The lowest BCUT2D eigenvalue weighted by Crippen LogP contribution is -2.25. The fourth-order valence-electron chi connectivity index (χ4n) is 3.45. The minimum atomic E-state index is -0.639. The van der Waals surface area contributed by atoms with E-state index in [-0.39, 0.29) is 12.0 Å². The maximum absolute atomic E-state index is 12.1. The van der Waals surface area contributed by atoms with Crippen LogP contribution in [-0.2, 0) is 14.4 Å². The van der Waals surface area contributed by atoms with Crippen molar-refractivity contribution in [3.05, 3.63) is 89.4 Å². The van der Waals surface area contributed by atoms with Gasteiger partial charge in [0.2, 0.25) is 0 Å². The van der Waals surface area contributed by atoms with Crippen LogP contribution < -0.4 is 5.06 Å². The number of esters is 1. The average molecular weight is 394 g/mol. The lowest BCUT2D eigenvalue weighted by Gasteiger charge is -2.25. The van der Waals surface area contributed by atoms with Crippen LogP contribution in [0.3, 0.4) is 0 Å². The van der Waals surface area contributed by atoms with Gasteiger partial charge >= 0.3 is 5.97 Å². The molecule has 0 aromatic heterocycles. The molecule has 0 spiro atoms. The molecule has 1 aliphatic heterocycles. The van der Waals surface area contributed by atoms with E-state index in [1.165, 1.54) is 12.7 Å². The van der Waals surface area contributed by atoms with Crippen molar-refractivity contribution >= 4 is 23.3 Å². The van der Waals surface area contributed by atoms with Gasteiger partial charge < -0.3 is 4.74 Å². The first-order valence-corrected chi connectivity index (χ1v) is 9.48. The van der Waals surface area contributed by atoms with E-state index < -0.39 is 6.10 Å². The SMILES string of the molecule is COC(=O)C1CC(c2ccc(-c3ccccc3)cc2)N(c2ccc(Cl)cc2)O1. The molecule has 3 aromatic rings. The Hall–Kier alpha value is -2.82. The van der Waals surface area contributed by atoms with Gasteiger partial charge in [-0.05, 0) is 41.0 Å². The van der Waals surface area contributed by atoms with Crippen LogP contribution in [0.1, 0.15) is 18.0 Å². The molecule has 1 saturated heterocycles. The van der Waals surface area contributed by atoms with Crippen molar-refractivity contribution in [2.45, 2.75) is 18.6 Å². The molecule has 3 aromatic carbocycles. The highest BCUT2D eigenvalue weighted by Gasteiger charge is 2.39. The second-order valence-corrected chi connectivity index (χ2v) is 7.10. The number of carbonyl (C=O) groups excluding carboxylic acids is 1. The van der Waals surface area contributed by atoms with Crippen LogP contribution in [0.4, 0.5) is 5.69 Å². The number of halogens is 1. The first kappa shape index (κ1) is 18.5. The number of benzene rings is 3. The molecule has 0 N–H and O–H groups in total. The van der Waals surface area contributed by atoms with Crippen molar-refractivity contribution in [3.63, 3.8) is 0 Å². The summed E-state index contributed by atoms with van der Waals surface area (Å²) in [5, 5.41) is 2.42. The van der Waals surface area contributed by atoms with Gasteiger partial charge in [0.25, 0.3) is 0 Å². The normalized spacial score (nSPS) is 18.9. The van der Waals surface area contributed by atoms with Gasteiger partial charge in [0, 0.05) is 11.4 Å². The summed E-state index contributed by atoms with van der Waals surface area (Å²) < 4.78 is 4.89. The molecule has 0 radical (unpaired) electrons. The monoisotopic (exact) mass is 393 g/mol. The highest BCUT2D eigenvalue weighted by Crippen LogP contribution is 2.39. The second-order valence-electron chi connectivity index (χ2n) is 6.66. The predicted octanol–water partition coefficient (Wildman–Crippen LogP) is 5.43. The van der Waals surface area contributed by atoms with E-state index >= 15 is 0 Å². The maximum atomic E-state index is 12.1. The van der Waals surface area contributed by atoms with E-state index in [2.05, 4.69) is 36.4 Å². The Kier molecular flexibility index (Phi) is 5.33.